The van der Waals surface area contributed by atoms with Crippen molar-refractivity contribution in [1.29, 1.82) is 0 Å². The molecule has 0 aromatic carbocycles. The maximum Gasteiger partial charge on any atom is 0.260 e. The number of amides is 1. The summed E-state index contributed by atoms with van der Waals surface area (Å²) in [5, 5.41) is 2.98. The maximum atomic E-state index is 12.0. The summed E-state index contributed by atoms with van der Waals surface area (Å²) >= 11 is 0. The van der Waals surface area contributed by atoms with Gasteiger partial charge in [0, 0.05) is 12.2 Å². The van der Waals surface area contributed by atoms with Gasteiger partial charge < -0.3 is 10.3 Å². The van der Waals surface area contributed by atoms with Gasteiger partial charge in [0.25, 0.3) is 11.5 Å². The summed E-state index contributed by atoms with van der Waals surface area (Å²) < 4.78 is 0. The highest BCUT2D eigenvalue weighted by Gasteiger charge is 2.16. The molecule has 4 heteroatoms. The van der Waals surface area contributed by atoms with Crippen molar-refractivity contribution >= 4 is 5.91 Å². The van der Waals surface area contributed by atoms with Gasteiger partial charge in [0.2, 0.25) is 0 Å². The molecule has 2 N–H and O–H groups in total. The predicted molar refractivity (Wildman–Crippen MR) is 70.6 cm³/mol. The molecule has 0 aliphatic heterocycles. The van der Waals surface area contributed by atoms with Crippen LogP contribution in [0.15, 0.2) is 23.1 Å². The monoisotopic (exact) mass is 248 g/mol. The lowest BCUT2D eigenvalue weighted by molar-refractivity contribution is 0.0929. The Labute approximate surface area is 107 Å². The van der Waals surface area contributed by atoms with Gasteiger partial charge in [0.15, 0.2) is 0 Å². The van der Waals surface area contributed by atoms with Gasteiger partial charge >= 0.3 is 0 Å². The lowest BCUT2D eigenvalue weighted by Crippen LogP contribution is -2.37. The zero-order chi connectivity index (χ0) is 12.8. The molecule has 0 unspecified atom stereocenters. The minimum absolute atomic E-state index is 0.208. The van der Waals surface area contributed by atoms with Gasteiger partial charge in [-0.1, -0.05) is 32.1 Å². The Bertz CT molecular complexity index is 445. The minimum Gasteiger partial charge on any atom is -0.349 e. The second kappa shape index (κ2) is 6.38. The van der Waals surface area contributed by atoms with Crippen molar-refractivity contribution in [3.63, 3.8) is 0 Å². The van der Waals surface area contributed by atoms with E-state index < -0.39 is 0 Å². The third kappa shape index (κ3) is 3.45. The molecule has 1 aromatic heterocycles. The molecule has 18 heavy (non-hydrogen) atoms. The average molecular weight is 248 g/mol. The molecular formula is C14H20N2O2. The first-order valence-electron chi connectivity index (χ1n) is 6.76. The summed E-state index contributed by atoms with van der Waals surface area (Å²) in [4.78, 5) is 26.0. The van der Waals surface area contributed by atoms with Gasteiger partial charge in [-0.15, -0.1) is 0 Å². The van der Waals surface area contributed by atoms with Gasteiger partial charge in [-0.2, -0.15) is 0 Å². The highest BCUT2D eigenvalue weighted by atomic mass is 16.2. The number of carbonyl (C=O) groups excluding carboxylic acids is 1. The van der Waals surface area contributed by atoms with Crippen LogP contribution in [0.2, 0.25) is 0 Å². The quantitative estimate of drug-likeness (QED) is 0.843. The average Bonchev–Trinajstić information content (AvgIpc) is 2.33. The van der Waals surface area contributed by atoms with E-state index in [4.69, 9.17) is 0 Å². The van der Waals surface area contributed by atoms with Crippen molar-refractivity contribution in [3.8, 4) is 0 Å². The highest BCUT2D eigenvalue weighted by molar-refractivity contribution is 5.93. The topological polar surface area (TPSA) is 62.0 Å². The van der Waals surface area contributed by atoms with Crippen LogP contribution in [-0.2, 0) is 0 Å². The zero-order valence-electron chi connectivity index (χ0n) is 10.6. The number of hydrogen-bond acceptors (Lipinski definition) is 2. The van der Waals surface area contributed by atoms with Crippen molar-refractivity contribution in [2.45, 2.75) is 51.0 Å². The van der Waals surface area contributed by atoms with Crippen LogP contribution in [0.4, 0.5) is 0 Å². The molecule has 1 aliphatic rings. The number of pyridine rings is 1. The number of aromatic nitrogens is 1. The van der Waals surface area contributed by atoms with E-state index in [0.29, 0.717) is 0 Å². The standard InChI is InChI=1S/C14H20N2O2/c17-13-12(9-6-10-15-13)14(18)16-11-7-4-2-1-3-5-8-11/h6,9-11H,1-5,7-8H2,(H,15,17)(H,16,18). The van der Waals surface area contributed by atoms with E-state index in [9.17, 15) is 9.59 Å². The fourth-order valence-corrected chi connectivity index (χ4v) is 2.46. The first-order valence-corrected chi connectivity index (χ1v) is 6.76. The molecule has 0 radical (unpaired) electrons. The van der Waals surface area contributed by atoms with Crippen LogP contribution in [-0.4, -0.2) is 16.9 Å². The Hall–Kier alpha value is -1.58. The van der Waals surface area contributed by atoms with E-state index in [0.717, 1.165) is 25.7 Å². The maximum absolute atomic E-state index is 12.0. The zero-order valence-corrected chi connectivity index (χ0v) is 10.6. The van der Waals surface area contributed by atoms with Crippen molar-refractivity contribution in [2.75, 3.05) is 0 Å². The summed E-state index contributed by atoms with van der Waals surface area (Å²) in [5.41, 5.74) is -0.111. The van der Waals surface area contributed by atoms with Crippen molar-refractivity contribution < 1.29 is 4.79 Å². The molecule has 1 fully saturated rings. The van der Waals surface area contributed by atoms with Gasteiger partial charge in [0.1, 0.15) is 5.56 Å². The normalized spacial score (nSPS) is 17.8. The molecule has 0 saturated heterocycles. The Morgan fingerprint density at radius 2 is 1.83 bits per heavy atom. The number of rotatable bonds is 2. The number of hydrogen-bond donors (Lipinski definition) is 2. The van der Waals surface area contributed by atoms with Crippen LogP contribution in [0.25, 0.3) is 0 Å². The third-order valence-electron chi connectivity index (χ3n) is 3.50. The Balaban J connectivity index is 1.97. The van der Waals surface area contributed by atoms with Crippen LogP contribution < -0.4 is 10.9 Å². The highest BCUT2D eigenvalue weighted by Crippen LogP contribution is 2.17. The molecule has 1 saturated carbocycles. The van der Waals surface area contributed by atoms with E-state index in [2.05, 4.69) is 10.3 Å². The van der Waals surface area contributed by atoms with E-state index in [1.807, 2.05) is 0 Å². The lowest BCUT2D eigenvalue weighted by Gasteiger charge is -2.20. The molecule has 0 spiro atoms. The molecule has 1 aromatic rings. The van der Waals surface area contributed by atoms with Gasteiger partial charge in [-0.25, -0.2) is 0 Å². The third-order valence-corrected chi connectivity index (χ3v) is 3.50. The largest absolute Gasteiger partial charge is 0.349 e. The van der Waals surface area contributed by atoms with Gasteiger partial charge in [-0.3, -0.25) is 9.59 Å². The van der Waals surface area contributed by atoms with Crippen molar-refractivity contribution in [2.24, 2.45) is 0 Å². The summed E-state index contributed by atoms with van der Waals surface area (Å²) in [7, 11) is 0. The molecule has 0 bridgehead atoms. The molecule has 0 atom stereocenters. The Kier molecular flexibility index (Phi) is 4.56. The Morgan fingerprint density at radius 3 is 2.50 bits per heavy atom. The molecular weight excluding hydrogens is 228 g/mol. The van der Waals surface area contributed by atoms with E-state index in [1.165, 1.54) is 25.5 Å². The number of nitrogens with one attached hydrogen (secondary N) is 2. The van der Waals surface area contributed by atoms with Gasteiger partial charge in [-0.05, 0) is 25.0 Å². The first kappa shape index (κ1) is 12.9. The van der Waals surface area contributed by atoms with Crippen LogP contribution >= 0.6 is 0 Å². The fraction of sp³-hybridized carbons (Fsp3) is 0.571. The minimum atomic E-state index is -0.319. The predicted octanol–water partition coefficient (Wildman–Crippen LogP) is 2.22. The number of carbonyl (C=O) groups is 1. The summed E-state index contributed by atoms with van der Waals surface area (Å²) in [6.45, 7) is 0. The van der Waals surface area contributed by atoms with Crippen LogP contribution in [0.5, 0.6) is 0 Å². The Morgan fingerprint density at radius 1 is 1.17 bits per heavy atom. The molecule has 1 amide bonds. The van der Waals surface area contributed by atoms with Gasteiger partial charge in [0.05, 0.1) is 0 Å². The van der Waals surface area contributed by atoms with E-state index in [-0.39, 0.29) is 23.1 Å². The first-order chi connectivity index (χ1) is 8.77. The molecule has 4 nitrogen and oxygen atoms in total. The summed E-state index contributed by atoms with van der Waals surface area (Å²) in [6, 6.07) is 3.46. The molecule has 1 aliphatic carbocycles. The second-order valence-electron chi connectivity index (χ2n) is 4.93. The number of H-pyrrole nitrogens is 1. The van der Waals surface area contributed by atoms with Crippen molar-refractivity contribution in [3.05, 3.63) is 34.2 Å². The lowest BCUT2D eigenvalue weighted by atomic mass is 9.96. The van der Waals surface area contributed by atoms with Crippen LogP contribution in [0.3, 0.4) is 0 Å². The summed E-state index contributed by atoms with van der Waals surface area (Å²) in [5.74, 6) is -0.248. The SMILES string of the molecule is O=C(NC1CCCCCCC1)c1ccc[nH]c1=O. The molecule has 98 valence electrons. The smallest absolute Gasteiger partial charge is 0.260 e. The van der Waals surface area contributed by atoms with Crippen molar-refractivity contribution in [1.82, 2.24) is 10.3 Å². The van der Waals surface area contributed by atoms with E-state index >= 15 is 0 Å². The number of aromatic amines is 1. The fourth-order valence-electron chi connectivity index (χ4n) is 2.46. The van der Waals surface area contributed by atoms with Crippen LogP contribution in [0.1, 0.15) is 55.3 Å². The van der Waals surface area contributed by atoms with Crippen LogP contribution in [0, 0.1) is 0 Å². The second-order valence-corrected chi connectivity index (χ2v) is 4.93. The molecule has 2 rings (SSSR count). The molecule has 1 heterocycles. The van der Waals surface area contributed by atoms with E-state index in [1.54, 1.807) is 12.1 Å². The summed E-state index contributed by atoms with van der Waals surface area (Å²) in [6.07, 6.45) is 9.71.